The van der Waals surface area contributed by atoms with E-state index < -0.39 is 70.4 Å². The van der Waals surface area contributed by atoms with Crippen LogP contribution in [0.2, 0.25) is 0 Å². The SMILES string of the molecule is O=c1ccn(C2OC(COP(=O)(O)OP(=O)(O)O)C(O)C2O)c(=O)n1Cc1noc2c(F)cccc12. The molecule has 1 saturated heterocycles. The summed E-state index contributed by atoms with van der Waals surface area (Å²) in [5.41, 5.74) is -1.93. The summed E-state index contributed by atoms with van der Waals surface area (Å²) in [6.45, 7) is -1.42. The van der Waals surface area contributed by atoms with Crippen molar-refractivity contribution in [3.05, 3.63) is 62.8 Å². The van der Waals surface area contributed by atoms with Crippen molar-refractivity contribution in [3.63, 3.8) is 0 Å². The highest BCUT2D eigenvalue weighted by molar-refractivity contribution is 7.60. The van der Waals surface area contributed by atoms with Crippen LogP contribution in [-0.4, -0.2) is 64.1 Å². The number of halogens is 1. The minimum Gasteiger partial charge on any atom is -0.387 e. The van der Waals surface area contributed by atoms with Crippen LogP contribution in [0, 0.1) is 5.82 Å². The van der Waals surface area contributed by atoms with E-state index in [1.54, 1.807) is 0 Å². The maximum atomic E-state index is 13.9. The average Bonchev–Trinajstić information content (AvgIpc) is 3.31. The number of hydrogen-bond acceptors (Lipinski definition) is 11. The number of para-hydroxylation sites is 1. The lowest BCUT2D eigenvalue weighted by Crippen LogP contribution is -2.43. The molecule has 1 aliphatic rings. The molecule has 3 aromatic rings. The number of ether oxygens (including phenoxy) is 1. The van der Waals surface area contributed by atoms with E-state index in [0.29, 0.717) is 4.57 Å². The number of rotatable bonds is 8. The smallest absolute Gasteiger partial charge is 0.387 e. The van der Waals surface area contributed by atoms with Gasteiger partial charge in [0.25, 0.3) is 5.56 Å². The molecule has 5 N–H and O–H groups in total. The van der Waals surface area contributed by atoms with Gasteiger partial charge in [0.1, 0.15) is 24.0 Å². The van der Waals surface area contributed by atoms with E-state index in [0.717, 1.165) is 22.9 Å². The molecule has 0 amide bonds. The fourth-order valence-corrected chi connectivity index (χ4v) is 5.13. The number of aliphatic hydroxyl groups excluding tert-OH is 2. The van der Waals surface area contributed by atoms with Crippen molar-refractivity contribution in [2.75, 3.05) is 6.61 Å². The monoisotopic (exact) mass is 553 g/mol. The molecule has 16 nitrogen and oxygen atoms in total. The van der Waals surface area contributed by atoms with Crippen LogP contribution in [0.15, 0.2) is 44.6 Å². The van der Waals surface area contributed by atoms with Crippen LogP contribution in [0.25, 0.3) is 11.0 Å². The third-order valence-corrected chi connectivity index (χ3v) is 7.30. The molecular formula is C17H18FN3O13P2. The molecule has 1 aromatic carbocycles. The van der Waals surface area contributed by atoms with Crippen LogP contribution in [0.5, 0.6) is 0 Å². The second-order valence-corrected chi connectivity index (χ2v) is 10.4. The second kappa shape index (κ2) is 9.72. The third kappa shape index (κ3) is 5.40. The van der Waals surface area contributed by atoms with Crippen molar-refractivity contribution < 1.29 is 56.5 Å². The molecule has 0 radical (unpaired) electrons. The third-order valence-electron chi connectivity index (χ3n) is 5.15. The predicted octanol–water partition coefficient (Wildman–Crippen LogP) is -0.816. The first-order chi connectivity index (χ1) is 16.8. The summed E-state index contributed by atoms with van der Waals surface area (Å²) in [7, 11) is -10.7. The summed E-state index contributed by atoms with van der Waals surface area (Å²) in [6.07, 6.45) is -5.79. The summed E-state index contributed by atoms with van der Waals surface area (Å²) >= 11 is 0. The maximum Gasteiger partial charge on any atom is 0.481 e. The van der Waals surface area contributed by atoms with Gasteiger partial charge >= 0.3 is 21.3 Å². The van der Waals surface area contributed by atoms with Gasteiger partial charge in [-0.15, -0.1) is 0 Å². The molecule has 36 heavy (non-hydrogen) atoms. The van der Waals surface area contributed by atoms with Crippen molar-refractivity contribution in [2.45, 2.75) is 31.1 Å². The molecule has 5 unspecified atom stereocenters. The van der Waals surface area contributed by atoms with Crippen molar-refractivity contribution in [3.8, 4) is 0 Å². The Bertz CT molecular complexity index is 1500. The standard InChI is InChI=1S/C17H18FN3O13P2/c18-9-3-1-2-8-10(19-33-15(8)9)6-21-12(22)4-5-20(17(21)25)16-14(24)13(23)11(32-16)7-31-36(29,30)34-35(26,27)28/h1-5,11,13-14,16,23-24H,6-7H2,(H,29,30)(H2,26,27,28). The summed E-state index contributed by atoms with van der Waals surface area (Å²) < 4.78 is 56.0. The zero-order valence-corrected chi connectivity index (χ0v) is 19.5. The summed E-state index contributed by atoms with van der Waals surface area (Å²) in [6, 6.07) is 4.94. The number of benzene rings is 1. The van der Waals surface area contributed by atoms with Gasteiger partial charge in [-0.05, 0) is 12.1 Å². The Hall–Kier alpha value is -2.56. The first-order valence-corrected chi connectivity index (χ1v) is 12.9. The van der Waals surface area contributed by atoms with E-state index in [1.807, 2.05) is 0 Å². The Morgan fingerprint density at radius 1 is 1.11 bits per heavy atom. The number of nitrogens with zero attached hydrogens (tertiary/aromatic N) is 3. The van der Waals surface area contributed by atoms with E-state index in [9.17, 15) is 38.2 Å². The van der Waals surface area contributed by atoms with Crippen LogP contribution >= 0.6 is 15.6 Å². The Morgan fingerprint density at radius 3 is 2.53 bits per heavy atom. The average molecular weight is 553 g/mol. The van der Waals surface area contributed by atoms with Gasteiger partial charge in [-0.2, -0.15) is 4.31 Å². The molecule has 4 rings (SSSR count). The Kier molecular flexibility index (Phi) is 7.15. The van der Waals surface area contributed by atoms with Crippen molar-refractivity contribution >= 4 is 26.6 Å². The Balaban J connectivity index is 1.57. The minimum absolute atomic E-state index is 0.0596. The highest BCUT2D eigenvalue weighted by Gasteiger charge is 2.46. The molecular weight excluding hydrogens is 535 g/mol. The normalized spacial score (nSPS) is 24.3. The quantitative estimate of drug-likeness (QED) is 0.215. The number of hydrogen-bond donors (Lipinski definition) is 5. The zero-order valence-electron chi connectivity index (χ0n) is 17.7. The number of aliphatic hydroxyl groups is 2. The summed E-state index contributed by atoms with van der Waals surface area (Å²) in [5, 5.41) is 24.5. The van der Waals surface area contributed by atoms with Gasteiger partial charge in [0.05, 0.1) is 13.2 Å². The lowest BCUT2D eigenvalue weighted by molar-refractivity contribution is -0.0547. The molecule has 0 saturated carbocycles. The topological polar surface area (TPSA) is 233 Å². The van der Waals surface area contributed by atoms with Crippen molar-refractivity contribution in [1.82, 2.24) is 14.3 Å². The molecule has 1 aliphatic heterocycles. The van der Waals surface area contributed by atoms with Gasteiger partial charge < -0.3 is 34.2 Å². The molecule has 196 valence electrons. The van der Waals surface area contributed by atoms with Gasteiger partial charge in [0, 0.05) is 17.6 Å². The first kappa shape index (κ1) is 26.5. The largest absolute Gasteiger partial charge is 0.481 e. The number of phosphoric ester groups is 1. The lowest BCUT2D eigenvalue weighted by Gasteiger charge is -2.19. The van der Waals surface area contributed by atoms with Crippen LogP contribution in [0.1, 0.15) is 11.9 Å². The predicted molar refractivity (Wildman–Crippen MR) is 113 cm³/mol. The zero-order chi connectivity index (χ0) is 26.4. The summed E-state index contributed by atoms with van der Waals surface area (Å²) in [4.78, 5) is 52.0. The molecule has 5 atom stereocenters. The van der Waals surface area contributed by atoms with Gasteiger partial charge in [-0.3, -0.25) is 18.5 Å². The van der Waals surface area contributed by atoms with Gasteiger partial charge in [0.2, 0.25) is 5.58 Å². The first-order valence-electron chi connectivity index (χ1n) is 9.88. The van der Waals surface area contributed by atoms with E-state index >= 15 is 0 Å². The number of fused-ring (bicyclic) bond motifs is 1. The fraction of sp³-hybridized carbons (Fsp3) is 0.353. The Labute approximate surface area is 198 Å². The number of aromatic nitrogens is 3. The highest BCUT2D eigenvalue weighted by atomic mass is 31.3. The van der Waals surface area contributed by atoms with E-state index in [4.69, 9.17) is 19.0 Å². The summed E-state index contributed by atoms with van der Waals surface area (Å²) in [5.74, 6) is -0.701. The van der Waals surface area contributed by atoms with Crippen LogP contribution in [-0.2, 0) is 29.2 Å². The van der Waals surface area contributed by atoms with Crippen molar-refractivity contribution in [2.24, 2.45) is 0 Å². The van der Waals surface area contributed by atoms with Crippen LogP contribution < -0.4 is 11.2 Å². The van der Waals surface area contributed by atoms with Gasteiger partial charge in [-0.25, -0.2) is 18.3 Å². The molecule has 1 fully saturated rings. The maximum absolute atomic E-state index is 13.9. The molecule has 3 heterocycles. The molecule has 0 aliphatic carbocycles. The van der Waals surface area contributed by atoms with Crippen LogP contribution in [0.3, 0.4) is 0 Å². The molecule has 19 heteroatoms. The van der Waals surface area contributed by atoms with Gasteiger partial charge in [-0.1, -0.05) is 11.2 Å². The number of phosphoric acid groups is 2. The van der Waals surface area contributed by atoms with Gasteiger partial charge in [0.15, 0.2) is 12.0 Å². The minimum atomic E-state index is -5.40. The van der Waals surface area contributed by atoms with Crippen molar-refractivity contribution in [1.29, 1.82) is 0 Å². The van der Waals surface area contributed by atoms with E-state index in [-0.39, 0.29) is 16.7 Å². The Morgan fingerprint density at radius 2 is 1.83 bits per heavy atom. The molecule has 0 spiro atoms. The fourth-order valence-electron chi connectivity index (χ4n) is 3.54. The second-order valence-electron chi connectivity index (χ2n) is 7.56. The van der Waals surface area contributed by atoms with E-state index in [1.165, 1.54) is 12.1 Å². The molecule has 2 aromatic heterocycles. The van der Waals surface area contributed by atoms with E-state index in [2.05, 4.69) is 14.0 Å². The van der Waals surface area contributed by atoms with Crippen LogP contribution in [0.4, 0.5) is 4.39 Å². The lowest BCUT2D eigenvalue weighted by atomic mass is 10.1. The molecule has 0 bridgehead atoms. The highest BCUT2D eigenvalue weighted by Crippen LogP contribution is 2.57.